The van der Waals surface area contributed by atoms with Crippen molar-refractivity contribution in [3.63, 3.8) is 0 Å². The number of carbonyl (C=O) groups is 2. The van der Waals surface area contributed by atoms with Gasteiger partial charge in [0.25, 0.3) is 0 Å². The van der Waals surface area contributed by atoms with Crippen molar-refractivity contribution in [2.75, 3.05) is 23.7 Å². The Morgan fingerprint density at radius 3 is 2.02 bits per heavy atom. The summed E-state index contributed by atoms with van der Waals surface area (Å²) in [6, 6.07) is 21.1. The number of rotatable bonds is 12. The summed E-state index contributed by atoms with van der Waals surface area (Å²) in [4.78, 5) is 29.3. The normalized spacial score (nSPS) is 12.2. The molecule has 9 heteroatoms. The standard InChI is InChI=1S/C31H38ClN3O4S/c1-22(2)19-33-31(37)28(18-25-12-7-6-8-13-25)34(20-26-14-16-27(32)17-15-26)29(36)21-35(40(5,38)39)30-23(3)10-9-11-24(30)4/h6-17,22,28H,18-21H2,1-5H3,(H,33,37). The number of benzene rings is 3. The van der Waals surface area contributed by atoms with Gasteiger partial charge in [-0.05, 0) is 54.2 Å². The van der Waals surface area contributed by atoms with Crippen LogP contribution in [0.3, 0.4) is 0 Å². The topological polar surface area (TPSA) is 86.8 Å². The first kappa shape index (κ1) is 31.2. The molecule has 3 rings (SSSR count). The van der Waals surface area contributed by atoms with Gasteiger partial charge in [0.2, 0.25) is 21.8 Å². The highest BCUT2D eigenvalue weighted by Gasteiger charge is 2.33. The fraction of sp³-hybridized carbons (Fsp3) is 0.355. The molecule has 1 unspecified atom stereocenters. The Bertz CT molecular complexity index is 1390. The number of anilines is 1. The van der Waals surface area contributed by atoms with E-state index in [0.717, 1.165) is 32.8 Å². The van der Waals surface area contributed by atoms with Crippen LogP contribution in [0.25, 0.3) is 0 Å². The Morgan fingerprint density at radius 1 is 0.875 bits per heavy atom. The smallest absolute Gasteiger partial charge is 0.244 e. The molecule has 0 aromatic heterocycles. The lowest BCUT2D eigenvalue weighted by Crippen LogP contribution is -2.53. The first-order chi connectivity index (χ1) is 18.9. The fourth-order valence-electron chi connectivity index (χ4n) is 4.54. The molecule has 0 fully saturated rings. The van der Waals surface area contributed by atoms with Crippen LogP contribution in [0.5, 0.6) is 0 Å². The molecular weight excluding hydrogens is 546 g/mol. The Hall–Kier alpha value is -3.36. The third-order valence-corrected chi connectivity index (χ3v) is 7.95. The van der Waals surface area contributed by atoms with Gasteiger partial charge in [0.05, 0.1) is 11.9 Å². The Kier molecular flexibility index (Phi) is 10.8. The van der Waals surface area contributed by atoms with Gasteiger partial charge in [0.15, 0.2) is 0 Å². The SMILES string of the molecule is Cc1cccc(C)c1N(CC(=O)N(Cc1ccc(Cl)cc1)C(Cc1ccccc1)C(=O)NCC(C)C)S(C)(=O)=O. The lowest BCUT2D eigenvalue weighted by Gasteiger charge is -2.34. The lowest BCUT2D eigenvalue weighted by molar-refractivity contribution is -0.140. The zero-order valence-corrected chi connectivity index (χ0v) is 25.3. The second-order valence-corrected chi connectivity index (χ2v) is 12.8. The average molecular weight is 584 g/mol. The van der Waals surface area contributed by atoms with Gasteiger partial charge in [-0.15, -0.1) is 0 Å². The van der Waals surface area contributed by atoms with Crippen molar-refractivity contribution in [3.05, 3.63) is 100 Å². The van der Waals surface area contributed by atoms with Gasteiger partial charge in [0.1, 0.15) is 12.6 Å². The number of para-hydroxylation sites is 1. The predicted octanol–water partition coefficient (Wildman–Crippen LogP) is 5.14. The van der Waals surface area contributed by atoms with Crippen LogP contribution in [-0.4, -0.2) is 50.5 Å². The molecule has 7 nitrogen and oxygen atoms in total. The van der Waals surface area contributed by atoms with Gasteiger partial charge in [-0.1, -0.05) is 86.1 Å². The minimum absolute atomic E-state index is 0.104. The average Bonchev–Trinajstić information content (AvgIpc) is 2.89. The molecular formula is C31H38ClN3O4S. The molecule has 214 valence electrons. The van der Waals surface area contributed by atoms with E-state index >= 15 is 0 Å². The lowest BCUT2D eigenvalue weighted by atomic mass is 10.0. The fourth-order valence-corrected chi connectivity index (χ4v) is 5.63. The summed E-state index contributed by atoms with van der Waals surface area (Å²) in [5.41, 5.74) is 3.59. The predicted molar refractivity (Wildman–Crippen MR) is 162 cm³/mol. The number of hydrogen-bond acceptors (Lipinski definition) is 4. The third kappa shape index (κ3) is 8.57. The Labute approximate surface area is 243 Å². The highest BCUT2D eigenvalue weighted by molar-refractivity contribution is 7.92. The van der Waals surface area contributed by atoms with Crippen LogP contribution >= 0.6 is 11.6 Å². The van der Waals surface area contributed by atoms with Gasteiger partial charge in [-0.2, -0.15) is 0 Å². The molecule has 0 aliphatic carbocycles. The summed E-state index contributed by atoms with van der Waals surface area (Å²) in [5, 5.41) is 3.53. The zero-order chi connectivity index (χ0) is 29.4. The molecule has 1 N–H and O–H groups in total. The van der Waals surface area contributed by atoms with E-state index in [0.29, 0.717) is 17.3 Å². The summed E-state index contributed by atoms with van der Waals surface area (Å²) >= 11 is 6.10. The van der Waals surface area contributed by atoms with Crippen LogP contribution < -0.4 is 9.62 Å². The molecule has 0 radical (unpaired) electrons. The summed E-state index contributed by atoms with van der Waals surface area (Å²) in [6.07, 6.45) is 1.36. The molecule has 0 saturated heterocycles. The van der Waals surface area contributed by atoms with E-state index in [-0.39, 0.29) is 24.8 Å². The van der Waals surface area contributed by atoms with E-state index in [1.165, 1.54) is 4.90 Å². The summed E-state index contributed by atoms with van der Waals surface area (Å²) in [7, 11) is -3.83. The van der Waals surface area contributed by atoms with Crippen LogP contribution in [0, 0.1) is 19.8 Å². The van der Waals surface area contributed by atoms with E-state index in [9.17, 15) is 18.0 Å². The first-order valence-corrected chi connectivity index (χ1v) is 15.5. The molecule has 0 aliphatic heterocycles. The van der Waals surface area contributed by atoms with Crippen molar-refractivity contribution in [2.45, 2.75) is 46.7 Å². The number of sulfonamides is 1. The maximum Gasteiger partial charge on any atom is 0.244 e. The molecule has 1 atom stereocenters. The van der Waals surface area contributed by atoms with E-state index in [2.05, 4.69) is 5.32 Å². The summed E-state index contributed by atoms with van der Waals surface area (Å²) in [6.45, 7) is 7.73. The maximum atomic E-state index is 14.2. The van der Waals surface area contributed by atoms with Crippen molar-refractivity contribution in [1.82, 2.24) is 10.2 Å². The largest absolute Gasteiger partial charge is 0.354 e. The van der Waals surface area contributed by atoms with Gasteiger partial charge in [-0.3, -0.25) is 13.9 Å². The van der Waals surface area contributed by atoms with E-state index in [4.69, 9.17) is 11.6 Å². The molecule has 3 aromatic rings. The molecule has 0 heterocycles. The molecule has 0 saturated carbocycles. The monoisotopic (exact) mass is 583 g/mol. The Balaban J connectivity index is 2.07. The van der Waals surface area contributed by atoms with Gasteiger partial charge < -0.3 is 10.2 Å². The molecule has 0 spiro atoms. The van der Waals surface area contributed by atoms with Gasteiger partial charge in [-0.25, -0.2) is 8.42 Å². The number of amides is 2. The zero-order valence-electron chi connectivity index (χ0n) is 23.7. The van der Waals surface area contributed by atoms with Crippen molar-refractivity contribution in [2.24, 2.45) is 5.92 Å². The van der Waals surface area contributed by atoms with Crippen molar-refractivity contribution >= 4 is 39.1 Å². The second kappa shape index (κ2) is 13.8. The number of nitrogens with one attached hydrogen (secondary N) is 1. The highest BCUT2D eigenvalue weighted by atomic mass is 35.5. The number of halogens is 1. The van der Waals surface area contributed by atoms with Crippen LogP contribution in [0.2, 0.25) is 5.02 Å². The maximum absolute atomic E-state index is 14.2. The molecule has 2 amide bonds. The molecule has 3 aromatic carbocycles. The van der Waals surface area contributed by atoms with Crippen molar-refractivity contribution in [1.29, 1.82) is 0 Å². The summed E-state index contributed by atoms with van der Waals surface area (Å²) in [5.74, 6) is -0.562. The van der Waals surface area contributed by atoms with Crippen LogP contribution in [0.4, 0.5) is 5.69 Å². The number of carbonyl (C=O) groups excluding carboxylic acids is 2. The van der Waals surface area contributed by atoms with Gasteiger partial charge >= 0.3 is 0 Å². The van der Waals surface area contributed by atoms with Crippen LogP contribution in [-0.2, 0) is 32.6 Å². The quantitative estimate of drug-likeness (QED) is 0.320. The van der Waals surface area contributed by atoms with E-state index in [1.807, 2.05) is 76.2 Å². The highest BCUT2D eigenvalue weighted by Crippen LogP contribution is 2.27. The third-order valence-electron chi connectivity index (χ3n) is 6.59. The first-order valence-electron chi connectivity index (χ1n) is 13.3. The van der Waals surface area contributed by atoms with Crippen molar-refractivity contribution < 1.29 is 18.0 Å². The summed E-state index contributed by atoms with van der Waals surface area (Å²) < 4.78 is 27.2. The molecule has 0 bridgehead atoms. The van der Waals surface area contributed by atoms with E-state index < -0.39 is 28.5 Å². The number of hydrogen-bond donors (Lipinski definition) is 1. The van der Waals surface area contributed by atoms with Crippen LogP contribution in [0.1, 0.15) is 36.1 Å². The minimum Gasteiger partial charge on any atom is -0.354 e. The minimum atomic E-state index is -3.83. The number of nitrogens with zero attached hydrogens (tertiary/aromatic N) is 2. The molecule has 40 heavy (non-hydrogen) atoms. The molecule has 0 aliphatic rings. The van der Waals surface area contributed by atoms with Gasteiger partial charge in [0, 0.05) is 24.5 Å². The second-order valence-electron chi connectivity index (χ2n) is 10.5. The number of aryl methyl sites for hydroxylation is 2. The van der Waals surface area contributed by atoms with Crippen molar-refractivity contribution in [3.8, 4) is 0 Å². The Morgan fingerprint density at radius 2 is 1.48 bits per heavy atom. The van der Waals surface area contributed by atoms with E-state index in [1.54, 1.807) is 24.3 Å². The van der Waals surface area contributed by atoms with Crippen LogP contribution in [0.15, 0.2) is 72.8 Å².